The van der Waals surface area contributed by atoms with Crippen LogP contribution in [0.4, 0.5) is 0 Å². The Hall–Kier alpha value is 1.79. The van der Waals surface area contributed by atoms with E-state index in [1.54, 1.807) is 0 Å². The fourth-order valence-electron chi connectivity index (χ4n) is 2.74. The first-order valence-corrected chi connectivity index (χ1v) is 17.4. The van der Waals surface area contributed by atoms with Gasteiger partial charge in [0.15, 0.2) is 0 Å². The van der Waals surface area contributed by atoms with Crippen molar-refractivity contribution in [3.8, 4) is 0 Å². The molecular formula is C12H23OPSe3. The number of hydrogen-bond acceptors (Lipinski definition) is 1. The van der Waals surface area contributed by atoms with Gasteiger partial charge in [-0.1, -0.05) is 0 Å². The molecule has 0 heterocycles. The quantitative estimate of drug-likeness (QED) is 0.468. The van der Waals surface area contributed by atoms with Crippen LogP contribution in [0.25, 0.3) is 0 Å². The van der Waals surface area contributed by atoms with E-state index in [4.69, 9.17) is 0 Å². The third-order valence-corrected chi connectivity index (χ3v) is 25.7. The Balaban J connectivity index is 1.78. The van der Waals surface area contributed by atoms with Crippen LogP contribution in [-0.4, -0.2) is 44.6 Å². The monoisotopic (exact) mass is 454 g/mol. The van der Waals surface area contributed by atoms with Gasteiger partial charge in [-0.3, -0.25) is 0 Å². The molecule has 2 fully saturated rings. The molecule has 5 heteroatoms. The van der Waals surface area contributed by atoms with Gasteiger partial charge in [-0.2, -0.15) is 0 Å². The third kappa shape index (κ3) is 5.74. The van der Waals surface area contributed by atoms with Crippen LogP contribution in [0, 0.1) is 0 Å². The van der Waals surface area contributed by atoms with Crippen LogP contribution in [0.2, 0.25) is 9.63 Å². The Morgan fingerprint density at radius 3 is 1.47 bits per heavy atom. The Morgan fingerprint density at radius 2 is 1.12 bits per heavy atom. The predicted molar refractivity (Wildman–Crippen MR) is 79.9 cm³/mol. The van der Waals surface area contributed by atoms with Crippen molar-refractivity contribution in [3.05, 3.63) is 0 Å². The summed E-state index contributed by atoms with van der Waals surface area (Å²) in [6, 6.07) is 0. The summed E-state index contributed by atoms with van der Waals surface area (Å²) in [5.74, 6) is 0. The first-order valence-electron chi connectivity index (χ1n) is 6.85. The van der Waals surface area contributed by atoms with Gasteiger partial charge in [0.25, 0.3) is 0 Å². The van der Waals surface area contributed by atoms with E-state index in [1.165, 1.54) is 64.2 Å². The molecule has 100 valence electrons. The summed E-state index contributed by atoms with van der Waals surface area (Å²) in [5, 5.41) is 0. The van der Waals surface area contributed by atoms with Gasteiger partial charge >= 0.3 is 126 Å². The summed E-state index contributed by atoms with van der Waals surface area (Å²) in [5.41, 5.74) is 0. The molecular weight excluding hydrogens is 428 g/mol. The molecule has 1 nitrogen and oxygen atoms in total. The average Bonchev–Trinajstić information content (AvgIpc) is 2.30. The Morgan fingerprint density at radius 1 is 0.765 bits per heavy atom. The zero-order valence-electron chi connectivity index (χ0n) is 10.3. The standard InChI is InChI=1S/C12H23OPSe3/c13-14(15,16-11-7-3-1-4-8-11)17-12-9-5-2-6-10-12/h11-12H,1-10H2,(H,13,15). The molecule has 0 unspecified atom stereocenters. The van der Waals surface area contributed by atoms with E-state index in [1.807, 2.05) is 0 Å². The molecule has 0 saturated heterocycles. The van der Waals surface area contributed by atoms with Crippen LogP contribution in [0.5, 0.6) is 0 Å². The molecule has 0 aromatic rings. The van der Waals surface area contributed by atoms with Crippen molar-refractivity contribution in [2.75, 3.05) is 0 Å². The molecule has 0 atom stereocenters. The molecule has 0 aromatic carbocycles. The second kappa shape index (κ2) is 7.54. The summed E-state index contributed by atoms with van der Waals surface area (Å²) in [6.45, 7) is 0. The van der Waals surface area contributed by atoms with Gasteiger partial charge in [-0.05, 0) is 0 Å². The van der Waals surface area contributed by atoms with Gasteiger partial charge in [0.1, 0.15) is 0 Å². The molecule has 0 aliphatic heterocycles. The van der Waals surface area contributed by atoms with Crippen LogP contribution in [0.15, 0.2) is 0 Å². The maximum absolute atomic E-state index is 12.8. The van der Waals surface area contributed by atoms with E-state index in [2.05, 4.69) is 15.6 Å². The maximum atomic E-state index is 12.8. The van der Waals surface area contributed by atoms with E-state index in [-0.39, 0.29) is 0 Å². The second-order valence-corrected chi connectivity index (χ2v) is 33.5. The fraction of sp³-hybridized carbons (Fsp3) is 1.00. The summed E-state index contributed by atoms with van der Waals surface area (Å²) in [7, 11) is 0. The van der Waals surface area contributed by atoms with Crippen LogP contribution in [-0.2, 0) is 4.57 Å². The summed E-state index contributed by atoms with van der Waals surface area (Å²) in [6.07, 6.45) is 13.9. The van der Waals surface area contributed by atoms with Crippen molar-refractivity contribution in [3.63, 3.8) is 0 Å². The van der Waals surface area contributed by atoms with E-state index >= 15 is 0 Å². The number of rotatable bonds is 4. The zero-order chi connectivity index (χ0) is 12.1. The zero-order valence-corrected chi connectivity index (χ0v) is 16.5. The number of hydrogen-bond donors (Lipinski definition) is 0. The van der Waals surface area contributed by atoms with E-state index in [0.29, 0.717) is 29.0 Å². The van der Waals surface area contributed by atoms with Crippen LogP contribution in [0.3, 0.4) is 0 Å². The summed E-state index contributed by atoms with van der Waals surface area (Å²) in [4.78, 5) is 1.71. The fourth-order valence-corrected chi connectivity index (χ4v) is 31.4. The van der Waals surface area contributed by atoms with Crippen molar-refractivity contribution >= 4 is 47.8 Å². The van der Waals surface area contributed by atoms with Gasteiger partial charge in [0.2, 0.25) is 0 Å². The van der Waals surface area contributed by atoms with Crippen LogP contribution in [0.1, 0.15) is 64.2 Å². The van der Waals surface area contributed by atoms with E-state index in [0.717, 1.165) is 9.63 Å². The Kier molecular flexibility index (Phi) is 6.73. The van der Waals surface area contributed by atoms with Gasteiger partial charge < -0.3 is 0 Å². The molecule has 0 spiro atoms. The molecule has 0 bridgehead atoms. The van der Waals surface area contributed by atoms with Gasteiger partial charge in [0, 0.05) is 0 Å². The normalized spacial score (nSPS) is 25.0. The molecule has 2 aliphatic carbocycles. The third-order valence-electron chi connectivity index (χ3n) is 3.67. The topological polar surface area (TPSA) is 17.1 Å². The van der Waals surface area contributed by atoms with Crippen molar-refractivity contribution < 1.29 is 4.57 Å². The van der Waals surface area contributed by atoms with E-state index < -0.39 is 3.21 Å². The molecule has 2 rings (SSSR count). The van der Waals surface area contributed by atoms with Crippen molar-refractivity contribution in [1.82, 2.24) is 0 Å². The molecule has 17 heavy (non-hydrogen) atoms. The minimum atomic E-state index is -1.77. The first kappa shape index (κ1) is 15.2. The molecule has 2 saturated carbocycles. The molecule has 0 aromatic heterocycles. The average molecular weight is 451 g/mol. The second-order valence-electron chi connectivity index (χ2n) is 5.20. The Labute approximate surface area is 125 Å². The Bertz CT molecular complexity index is 249. The van der Waals surface area contributed by atoms with Gasteiger partial charge in [-0.25, -0.2) is 0 Å². The van der Waals surface area contributed by atoms with Crippen LogP contribution < -0.4 is 0 Å². The summed E-state index contributed by atoms with van der Waals surface area (Å²) < 4.78 is 11.0. The van der Waals surface area contributed by atoms with Crippen molar-refractivity contribution in [1.29, 1.82) is 0 Å². The minimum absolute atomic E-state index is 0.449. The van der Waals surface area contributed by atoms with E-state index in [9.17, 15) is 4.57 Å². The van der Waals surface area contributed by atoms with Crippen molar-refractivity contribution in [2.24, 2.45) is 0 Å². The molecule has 0 amide bonds. The molecule has 2 aliphatic rings. The van der Waals surface area contributed by atoms with Gasteiger partial charge in [-0.15, -0.1) is 0 Å². The first-order chi connectivity index (χ1) is 8.16. The molecule has 0 N–H and O–H groups in total. The SMILES string of the molecule is O=P([SeH])([Se]C1CCCCC1)[Se]C1CCCCC1. The van der Waals surface area contributed by atoms with Gasteiger partial charge in [0.05, 0.1) is 0 Å². The predicted octanol–water partition coefficient (Wildman–Crippen LogP) is 3.91. The van der Waals surface area contributed by atoms with Crippen LogP contribution >= 0.6 is 3.21 Å². The van der Waals surface area contributed by atoms with Crippen molar-refractivity contribution in [2.45, 2.75) is 73.8 Å². The summed E-state index contributed by atoms with van der Waals surface area (Å²) >= 11 is 3.55. The molecule has 0 radical (unpaired) electrons.